The minimum atomic E-state index is 0.0630. The van der Waals surface area contributed by atoms with Gasteiger partial charge in [0.15, 0.2) is 5.78 Å². The monoisotopic (exact) mass is 311 g/mol. The Morgan fingerprint density at radius 3 is 2.26 bits per heavy atom. The van der Waals surface area contributed by atoms with Crippen molar-refractivity contribution < 1.29 is 9.59 Å². The zero-order chi connectivity index (χ0) is 16.2. The predicted molar refractivity (Wildman–Crippen MR) is 91.3 cm³/mol. The summed E-state index contributed by atoms with van der Waals surface area (Å²) in [6.45, 7) is 3.47. The van der Waals surface area contributed by atoms with Crippen LogP contribution in [0.3, 0.4) is 0 Å². The minimum Gasteiger partial charge on any atom is -0.342 e. The molecule has 1 aromatic rings. The largest absolute Gasteiger partial charge is 0.342 e. The van der Waals surface area contributed by atoms with E-state index in [-0.39, 0.29) is 23.5 Å². The number of ketones is 1. The molecule has 1 amide bonds. The fraction of sp³-hybridized carbons (Fsp3) is 0.500. The molecule has 0 N–H and O–H groups in total. The van der Waals surface area contributed by atoms with Crippen LogP contribution in [-0.2, 0) is 4.79 Å². The van der Waals surface area contributed by atoms with Gasteiger partial charge in [-0.3, -0.25) is 9.59 Å². The molecular weight excluding hydrogens is 286 g/mol. The fourth-order valence-electron chi connectivity index (χ4n) is 3.59. The normalized spacial score (nSPS) is 22.1. The molecule has 1 heterocycles. The Bertz CT molecular complexity index is 595. The third-order valence-corrected chi connectivity index (χ3v) is 5.13. The van der Waals surface area contributed by atoms with E-state index in [0.29, 0.717) is 0 Å². The highest BCUT2D eigenvalue weighted by Gasteiger charge is 2.30. The van der Waals surface area contributed by atoms with Crippen molar-refractivity contribution in [3.63, 3.8) is 0 Å². The summed E-state index contributed by atoms with van der Waals surface area (Å²) in [5.41, 5.74) is 1.97. The van der Waals surface area contributed by atoms with E-state index in [2.05, 4.69) is 12.2 Å². The second-order valence-electron chi connectivity index (χ2n) is 6.81. The lowest BCUT2D eigenvalue weighted by atomic mass is 9.87. The Balaban J connectivity index is 1.55. The number of aryl methyl sites for hydroxylation is 1. The van der Waals surface area contributed by atoms with Gasteiger partial charge in [0.1, 0.15) is 0 Å². The zero-order valence-corrected chi connectivity index (χ0v) is 13.8. The number of likely N-dealkylation sites (tertiary alicyclic amines) is 1. The topological polar surface area (TPSA) is 37.4 Å². The molecule has 1 fully saturated rings. The van der Waals surface area contributed by atoms with E-state index in [1.165, 1.54) is 5.56 Å². The highest BCUT2D eigenvalue weighted by molar-refractivity contribution is 5.98. The lowest BCUT2D eigenvalue weighted by Crippen LogP contribution is -2.43. The first-order valence-electron chi connectivity index (χ1n) is 8.70. The van der Waals surface area contributed by atoms with E-state index in [1.807, 2.05) is 36.1 Å². The first kappa shape index (κ1) is 16.0. The molecule has 0 unspecified atom stereocenters. The maximum Gasteiger partial charge on any atom is 0.226 e. The summed E-state index contributed by atoms with van der Waals surface area (Å²) >= 11 is 0. The third-order valence-electron chi connectivity index (χ3n) is 5.13. The van der Waals surface area contributed by atoms with E-state index < -0.39 is 0 Å². The molecule has 3 heteroatoms. The number of Topliss-reactive ketones (excluding diaryl/α,β-unsaturated/α-hetero) is 1. The highest BCUT2D eigenvalue weighted by atomic mass is 16.2. The predicted octanol–water partition coefficient (Wildman–Crippen LogP) is 3.77. The number of amides is 1. The number of hydrogen-bond donors (Lipinski definition) is 0. The van der Waals surface area contributed by atoms with Gasteiger partial charge in [0.05, 0.1) is 0 Å². The fourth-order valence-corrected chi connectivity index (χ4v) is 3.59. The molecule has 0 bridgehead atoms. The SMILES string of the molecule is Cc1ccc(C(=O)C2CCN(C(=O)[C@H]3CC=CCC3)CC2)cc1. The van der Waals surface area contributed by atoms with Gasteiger partial charge in [-0.25, -0.2) is 0 Å². The summed E-state index contributed by atoms with van der Waals surface area (Å²) in [6.07, 6.45) is 8.73. The Kier molecular flexibility index (Phi) is 4.94. The number of hydrogen-bond acceptors (Lipinski definition) is 2. The van der Waals surface area contributed by atoms with Gasteiger partial charge in [-0.05, 0) is 39.0 Å². The molecule has 122 valence electrons. The van der Waals surface area contributed by atoms with Crippen LogP contribution in [0.2, 0.25) is 0 Å². The van der Waals surface area contributed by atoms with Crippen molar-refractivity contribution in [2.75, 3.05) is 13.1 Å². The standard InChI is InChI=1S/C20H25NO2/c1-15-7-9-16(10-8-15)19(22)17-11-13-21(14-12-17)20(23)18-5-3-2-4-6-18/h2-3,7-10,17-18H,4-6,11-14H2,1H3/t18-/m0/s1. The van der Waals surface area contributed by atoms with Gasteiger partial charge in [0.25, 0.3) is 0 Å². The van der Waals surface area contributed by atoms with E-state index in [4.69, 9.17) is 0 Å². The van der Waals surface area contributed by atoms with Crippen molar-refractivity contribution in [2.45, 2.75) is 39.0 Å². The van der Waals surface area contributed by atoms with Crippen LogP contribution in [0, 0.1) is 18.8 Å². The highest BCUT2D eigenvalue weighted by Crippen LogP contribution is 2.26. The van der Waals surface area contributed by atoms with Crippen LogP contribution in [0.5, 0.6) is 0 Å². The molecule has 3 rings (SSSR count). The zero-order valence-electron chi connectivity index (χ0n) is 13.8. The van der Waals surface area contributed by atoms with Gasteiger partial charge in [0.2, 0.25) is 5.91 Å². The number of allylic oxidation sites excluding steroid dienone is 2. The molecule has 0 radical (unpaired) electrons. The average molecular weight is 311 g/mol. The Hall–Kier alpha value is -1.90. The molecule has 2 aliphatic rings. The quantitative estimate of drug-likeness (QED) is 0.629. The lowest BCUT2D eigenvalue weighted by Gasteiger charge is -2.34. The van der Waals surface area contributed by atoms with Crippen molar-refractivity contribution in [3.05, 3.63) is 47.5 Å². The van der Waals surface area contributed by atoms with Crippen LogP contribution in [0.1, 0.15) is 48.0 Å². The first-order chi connectivity index (χ1) is 11.1. The van der Waals surface area contributed by atoms with Gasteiger partial charge in [0, 0.05) is 30.5 Å². The van der Waals surface area contributed by atoms with Gasteiger partial charge >= 0.3 is 0 Å². The Morgan fingerprint density at radius 2 is 1.65 bits per heavy atom. The average Bonchev–Trinajstić information content (AvgIpc) is 2.62. The van der Waals surface area contributed by atoms with Crippen LogP contribution in [-0.4, -0.2) is 29.7 Å². The summed E-state index contributed by atoms with van der Waals surface area (Å²) in [5.74, 6) is 0.741. The summed E-state index contributed by atoms with van der Waals surface area (Å²) in [7, 11) is 0. The molecule has 0 spiro atoms. The summed E-state index contributed by atoms with van der Waals surface area (Å²) in [5, 5.41) is 0. The summed E-state index contributed by atoms with van der Waals surface area (Å²) in [4.78, 5) is 27.1. The van der Waals surface area contributed by atoms with Crippen molar-refractivity contribution in [3.8, 4) is 0 Å². The third kappa shape index (κ3) is 3.72. The number of nitrogens with zero attached hydrogens (tertiary/aromatic N) is 1. The van der Waals surface area contributed by atoms with Crippen LogP contribution in [0.15, 0.2) is 36.4 Å². The van der Waals surface area contributed by atoms with Crippen molar-refractivity contribution >= 4 is 11.7 Å². The molecular formula is C20H25NO2. The first-order valence-corrected chi connectivity index (χ1v) is 8.70. The van der Waals surface area contributed by atoms with Crippen LogP contribution < -0.4 is 0 Å². The molecule has 1 aromatic carbocycles. The van der Waals surface area contributed by atoms with Gasteiger partial charge in [-0.15, -0.1) is 0 Å². The number of rotatable bonds is 3. The second-order valence-corrected chi connectivity index (χ2v) is 6.81. The number of carbonyl (C=O) groups is 2. The van der Waals surface area contributed by atoms with E-state index in [0.717, 1.165) is 50.8 Å². The van der Waals surface area contributed by atoms with Crippen LogP contribution in [0.4, 0.5) is 0 Å². The molecule has 1 atom stereocenters. The lowest BCUT2D eigenvalue weighted by molar-refractivity contribution is -0.137. The minimum absolute atomic E-state index is 0.0630. The molecule has 1 aliphatic heterocycles. The molecule has 23 heavy (non-hydrogen) atoms. The van der Waals surface area contributed by atoms with Gasteiger partial charge in [-0.2, -0.15) is 0 Å². The number of piperidine rings is 1. The molecule has 0 saturated carbocycles. The van der Waals surface area contributed by atoms with Crippen LogP contribution >= 0.6 is 0 Å². The maximum atomic E-state index is 12.6. The molecule has 0 aromatic heterocycles. The van der Waals surface area contributed by atoms with E-state index in [9.17, 15) is 9.59 Å². The Labute approximate surface area is 138 Å². The second kappa shape index (κ2) is 7.12. The Morgan fingerprint density at radius 1 is 0.957 bits per heavy atom. The van der Waals surface area contributed by atoms with Crippen molar-refractivity contribution in [1.29, 1.82) is 0 Å². The summed E-state index contributed by atoms with van der Waals surface area (Å²) < 4.78 is 0. The summed E-state index contributed by atoms with van der Waals surface area (Å²) in [6, 6.07) is 7.82. The molecule has 1 saturated heterocycles. The maximum absolute atomic E-state index is 12.6. The van der Waals surface area contributed by atoms with Crippen molar-refractivity contribution in [1.82, 2.24) is 4.90 Å². The van der Waals surface area contributed by atoms with Gasteiger partial charge < -0.3 is 4.90 Å². The van der Waals surface area contributed by atoms with E-state index in [1.54, 1.807) is 0 Å². The smallest absolute Gasteiger partial charge is 0.226 e. The van der Waals surface area contributed by atoms with Crippen molar-refractivity contribution in [2.24, 2.45) is 11.8 Å². The van der Waals surface area contributed by atoms with E-state index >= 15 is 0 Å². The van der Waals surface area contributed by atoms with Gasteiger partial charge in [-0.1, -0.05) is 42.0 Å². The number of benzene rings is 1. The molecule has 3 nitrogen and oxygen atoms in total. The molecule has 1 aliphatic carbocycles. The number of carbonyl (C=O) groups excluding carboxylic acids is 2. The van der Waals surface area contributed by atoms with Crippen LogP contribution in [0.25, 0.3) is 0 Å².